The molecule has 0 aliphatic carbocycles. The van der Waals surface area contributed by atoms with Crippen molar-refractivity contribution < 1.29 is 50.9 Å². The van der Waals surface area contributed by atoms with Crippen molar-refractivity contribution in [2.75, 3.05) is 17.9 Å². The minimum atomic E-state index is -5.08. The van der Waals surface area contributed by atoms with E-state index in [0.29, 0.717) is 30.2 Å². The SMILES string of the molecule is CCCCOC(=O)Oc1ccc2c(ccn2CCC(C)(C)NC[C@H](O)c2cccc(NS(=O)(=O)c3ccccc3)c2)c1.O=C(O)C(F)(F)F. The van der Waals surface area contributed by atoms with Gasteiger partial charge in [-0.2, -0.15) is 13.2 Å². The van der Waals surface area contributed by atoms with Gasteiger partial charge in [0.05, 0.1) is 17.6 Å². The molecule has 0 fully saturated rings. The highest BCUT2D eigenvalue weighted by atomic mass is 32.2. The van der Waals surface area contributed by atoms with E-state index in [9.17, 15) is 31.5 Å². The zero-order valence-corrected chi connectivity index (χ0v) is 28.1. The minimum absolute atomic E-state index is 0.172. The number of aliphatic hydroxyl groups excluding tert-OH is 1. The number of aliphatic carboxylic acids is 1. The first-order valence-electron chi connectivity index (χ1n) is 15.4. The maximum atomic E-state index is 12.7. The van der Waals surface area contributed by atoms with Crippen molar-refractivity contribution in [2.45, 2.75) is 69.3 Å². The van der Waals surface area contributed by atoms with Gasteiger partial charge in [-0.3, -0.25) is 4.72 Å². The van der Waals surface area contributed by atoms with Gasteiger partial charge in [0.2, 0.25) is 0 Å². The first-order chi connectivity index (χ1) is 23.0. The smallest absolute Gasteiger partial charge is 0.475 e. The fourth-order valence-corrected chi connectivity index (χ4v) is 5.54. The largest absolute Gasteiger partial charge is 0.513 e. The van der Waals surface area contributed by atoms with Crippen LogP contribution in [0.5, 0.6) is 5.75 Å². The lowest BCUT2D eigenvalue weighted by Crippen LogP contribution is -2.42. The van der Waals surface area contributed by atoms with Gasteiger partial charge in [0.25, 0.3) is 10.0 Å². The number of carbonyl (C=O) groups excluding carboxylic acids is 1. The summed E-state index contributed by atoms with van der Waals surface area (Å²) in [6.07, 6.45) is -2.09. The molecule has 0 amide bonds. The number of aromatic nitrogens is 1. The molecule has 0 radical (unpaired) electrons. The number of sulfonamides is 1. The van der Waals surface area contributed by atoms with Crippen LogP contribution in [0.3, 0.4) is 0 Å². The van der Waals surface area contributed by atoms with E-state index in [1.54, 1.807) is 48.5 Å². The number of unbranched alkanes of at least 4 members (excludes halogenated alkanes) is 1. The van der Waals surface area contributed by atoms with Gasteiger partial charge in [-0.15, -0.1) is 0 Å². The molecule has 0 unspecified atom stereocenters. The van der Waals surface area contributed by atoms with Crippen LogP contribution in [0, 0.1) is 0 Å². The number of ether oxygens (including phenoxy) is 2. The lowest BCUT2D eigenvalue weighted by Gasteiger charge is -2.28. The normalized spacial score (nSPS) is 12.5. The summed E-state index contributed by atoms with van der Waals surface area (Å²) < 4.78 is 72.2. The van der Waals surface area contributed by atoms with Gasteiger partial charge < -0.3 is 29.6 Å². The van der Waals surface area contributed by atoms with E-state index >= 15 is 0 Å². The van der Waals surface area contributed by atoms with Gasteiger partial charge in [0, 0.05) is 41.4 Å². The molecular formula is C34H40F3N3O8S. The Labute approximate surface area is 282 Å². The van der Waals surface area contributed by atoms with Crippen molar-refractivity contribution in [3.8, 4) is 5.75 Å². The molecule has 4 N–H and O–H groups in total. The highest BCUT2D eigenvalue weighted by molar-refractivity contribution is 7.92. The summed E-state index contributed by atoms with van der Waals surface area (Å²) in [5.41, 5.74) is 1.72. The van der Waals surface area contributed by atoms with Crippen LogP contribution in [0.2, 0.25) is 0 Å². The molecule has 0 bridgehead atoms. The van der Waals surface area contributed by atoms with Crippen LogP contribution >= 0.6 is 0 Å². The van der Waals surface area contributed by atoms with Crippen LogP contribution < -0.4 is 14.8 Å². The minimum Gasteiger partial charge on any atom is -0.475 e. The standard InChI is InChI=1S/C32H39N3O6S.C2HF3O2/c1-4-5-20-40-31(37)41-27-14-15-29-24(22-27)16-18-35(29)19-17-32(2,3)33-23-30(36)25-10-9-11-26(21-25)34-42(38,39)28-12-7-6-8-13-28;3-2(4,5)1(6)7/h6-16,18,21-22,30,33-34,36H,4-5,17,19-20,23H2,1-3H3;(H,6,7)/t30-;/m0./s1. The number of hydrogen-bond acceptors (Lipinski definition) is 8. The number of carboxylic acids is 1. The number of fused-ring (bicyclic) bond motifs is 1. The summed E-state index contributed by atoms with van der Waals surface area (Å²) in [6, 6.07) is 22.4. The molecule has 49 heavy (non-hydrogen) atoms. The quantitative estimate of drug-likeness (QED) is 0.0623. The third-order valence-electron chi connectivity index (χ3n) is 7.23. The van der Waals surface area contributed by atoms with Gasteiger partial charge in [-0.25, -0.2) is 18.0 Å². The van der Waals surface area contributed by atoms with Crippen molar-refractivity contribution in [1.29, 1.82) is 0 Å². The van der Waals surface area contributed by atoms with Crippen molar-refractivity contribution in [3.05, 3.63) is 90.6 Å². The maximum absolute atomic E-state index is 12.7. The summed E-state index contributed by atoms with van der Waals surface area (Å²) in [5, 5.41) is 22.4. The predicted octanol–water partition coefficient (Wildman–Crippen LogP) is 6.88. The second-order valence-electron chi connectivity index (χ2n) is 11.7. The Hall–Kier alpha value is -4.60. The lowest BCUT2D eigenvalue weighted by molar-refractivity contribution is -0.192. The maximum Gasteiger partial charge on any atom is 0.513 e. The van der Waals surface area contributed by atoms with Crippen molar-refractivity contribution >= 4 is 38.7 Å². The first-order valence-corrected chi connectivity index (χ1v) is 16.8. The fraction of sp³-hybridized carbons (Fsp3) is 0.353. The summed E-state index contributed by atoms with van der Waals surface area (Å²) in [7, 11) is -3.73. The molecule has 0 saturated carbocycles. The number of carboxylic acid groups (broad SMARTS) is 1. The Bertz CT molecular complexity index is 1800. The summed E-state index contributed by atoms with van der Waals surface area (Å²) in [6.45, 7) is 7.55. The third-order valence-corrected chi connectivity index (χ3v) is 8.63. The molecule has 4 rings (SSSR count). The van der Waals surface area contributed by atoms with E-state index in [1.807, 2.05) is 31.3 Å². The van der Waals surface area contributed by atoms with E-state index in [4.69, 9.17) is 19.4 Å². The van der Waals surface area contributed by atoms with Gasteiger partial charge in [0.1, 0.15) is 5.75 Å². The molecule has 1 heterocycles. The van der Waals surface area contributed by atoms with E-state index in [-0.39, 0.29) is 10.4 Å². The van der Waals surface area contributed by atoms with E-state index < -0.39 is 34.4 Å². The second kappa shape index (κ2) is 17.2. The number of aryl methyl sites for hydroxylation is 1. The molecule has 11 nitrogen and oxygen atoms in total. The van der Waals surface area contributed by atoms with Gasteiger partial charge >= 0.3 is 18.3 Å². The number of benzene rings is 3. The van der Waals surface area contributed by atoms with Crippen LogP contribution in [-0.2, 0) is 26.1 Å². The zero-order valence-electron chi connectivity index (χ0n) is 27.2. The molecule has 15 heteroatoms. The Morgan fingerprint density at radius 3 is 2.33 bits per heavy atom. The Morgan fingerprint density at radius 2 is 1.67 bits per heavy atom. The number of nitrogens with one attached hydrogen (secondary N) is 2. The number of anilines is 1. The highest BCUT2D eigenvalue weighted by Crippen LogP contribution is 2.25. The molecule has 4 aromatic rings. The average molecular weight is 708 g/mol. The van der Waals surface area contributed by atoms with Crippen LogP contribution in [-0.4, -0.2) is 60.2 Å². The molecule has 0 spiro atoms. The Morgan fingerprint density at radius 1 is 0.980 bits per heavy atom. The number of halogens is 3. The van der Waals surface area contributed by atoms with Crippen LogP contribution in [0.15, 0.2) is 90.0 Å². The van der Waals surface area contributed by atoms with Crippen LogP contribution in [0.1, 0.15) is 51.7 Å². The molecule has 1 atom stereocenters. The van der Waals surface area contributed by atoms with Crippen molar-refractivity contribution in [2.24, 2.45) is 0 Å². The summed E-state index contributed by atoms with van der Waals surface area (Å²) >= 11 is 0. The Kier molecular flexibility index (Phi) is 13.6. The van der Waals surface area contributed by atoms with Crippen LogP contribution in [0.4, 0.5) is 23.7 Å². The fourth-order valence-electron chi connectivity index (χ4n) is 4.46. The van der Waals surface area contributed by atoms with E-state index in [2.05, 4.69) is 28.5 Å². The number of hydrogen-bond donors (Lipinski definition) is 4. The van der Waals surface area contributed by atoms with Gasteiger partial charge in [-0.1, -0.05) is 43.7 Å². The predicted molar refractivity (Wildman–Crippen MR) is 178 cm³/mol. The first kappa shape index (κ1) is 38.8. The van der Waals surface area contributed by atoms with E-state index in [1.165, 1.54) is 12.1 Å². The van der Waals surface area contributed by atoms with Gasteiger partial charge in [0.15, 0.2) is 0 Å². The molecular weight excluding hydrogens is 667 g/mol. The zero-order chi connectivity index (χ0) is 36.2. The Balaban J connectivity index is 0.000000838. The van der Waals surface area contributed by atoms with Crippen molar-refractivity contribution in [1.82, 2.24) is 9.88 Å². The average Bonchev–Trinajstić information content (AvgIpc) is 3.45. The number of alkyl halides is 3. The molecule has 0 aliphatic rings. The molecule has 0 saturated heterocycles. The summed E-state index contributed by atoms with van der Waals surface area (Å²) in [5.74, 6) is -2.32. The highest BCUT2D eigenvalue weighted by Gasteiger charge is 2.38. The van der Waals surface area contributed by atoms with Crippen molar-refractivity contribution in [3.63, 3.8) is 0 Å². The topological polar surface area (TPSA) is 156 Å². The number of carbonyl (C=O) groups is 2. The van der Waals surface area contributed by atoms with Gasteiger partial charge in [-0.05, 0) is 80.8 Å². The third kappa shape index (κ3) is 12.4. The van der Waals surface area contributed by atoms with E-state index in [0.717, 1.165) is 36.7 Å². The molecule has 0 aliphatic heterocycles. The molecule has 1 aromatic heterocycles. The number of nitrogens with zero attached hydrogens (tertiary/aromatic N) is 1. The lowest BCUT2D eigenvalue weighted by atomic mass is 9.99. The molecule has 266 valence electrons. The number of aliphatic hydroxyl groups is 1. The van der Waals surface area contributed by atoms with Crippen LogP contribution in [0.25, 0.3) is 10.9 Å². The molecule has 3 aromatic carbocycles. The second-order valence-corrected chi connectivity index (χ2v) is 13.3. The number of rotatable bonds is 14. The number of β-amino-alcohol motifs (C(OH)–C–C–N with tert-alkyl or cyclic N) is 1. The summed E-state index contributed by atoms with van der Waals surface area (Å²) in [4.78, 5) is 20.9. The monoisotopic (exact) mass is 707 g/mol.